The number of hydrogen-bond acceptors (Lipinski definition) is 2. The van der Waals surface area contributed by atoms with Crippen molar-refractivity contribution in [1.29, 1.82) is 0 Å². The van der Waals surface area contributed by atoms with Gasteiger partial charge in [-0.25, -0.2) is 0 Å². The van der Waals surface area contributed by atoms with Crippen molar-refractivity contribution < 1.29 is 9.47 Å². The molecule has 0 saturated carbocycles. The number of halogens is 1. The summed E-state index contributed by atoms with van der Waals surface area (Å²) in [6, 6.07) is 6.13. The lowest BCUT2D eigenvalue weighted by molar-refractivity contribution is 0.174. The lowest BCUT2D eigenvalue weighted by Crippen LogP contribution is -2.18. The molecule has 0 spiro atoms. The number of hydrogen-bond donors (Lipinski definition) is 0. The molecule has 0 aliphatic carbocycles. The third kappa shape index (κ3) is 1.61. The Morgan fingerprint density at radius 1 is 1.29 bits per heavy atom. The van der Waals surface area contributed by atoms with E-state index in [0.29, 0.717) is 6.79 Å². The van der Waals surface area contributed by atoms with Crippen molar-refractivity contribution in [2.45, 2.75) is 19.3 Å². The average molecular weight is 257 g/mol. The highest BCUT2D eigenvalue weighted by atomic mass is 79.9. The Morgan fingerprint density at radius 3 is 2.71 bits per heavy atom. The quantitative estimate of drug-likeness (QED) is 0.758. The van der Waals surface area contributed by atoms with Crippen LogP contribution in [-0.4, -0.2) is 12.1 Å². The van der Waals surface area contributed by atoms with Crippen LogP contribution >= 0.6 is 15.9 Å². The van der Waals surface area contributed by atoms with Gasteiger partial charge < -0.3 is 9.47 Å². The predicted molar refractivity (Wildman–Crippen MR) is 59.4 cm³/mol. The van der Waals surface area contributed by atoms with Gasteiger partial charge in [0.05, 0.1) is 0 Å². The number of rotatable bonds is 2. The van der Waals surface area contributed by atoms with Crippen molar-refractivity contribution in [3.05, 3.63) is 23.8 Å². The molecule has 2 nitrogen and oxygen atoms in total. The van der Waals surface area contributed by atoms with Gasteiger partial charge in [-0.05, 0) is 23.1 Å². The van der Waals surface area contributed by atoms with E-state index >= 15 is 0 Å². The Hall–Kier alpha value is -0.700. The van der Waals surface area contributed by atoms with Gasteiger partial charge in [-0.2, -0.15) is 0 Å². The van der Waals surface area contributed by atoms with Gasteiger partial charge in [0.25, 0.3) is 0 Å². The van der Waals surface area contributed by atoms with Crippen molar-refractivity contribution in [3.8, 4) is 11.5 Å². The van der Waals surface area contributed by atoms with Crippen molar-refractivity contribution in [1.82, 2.24) is 0 Å². The highest BCUT2D eigenvalue weighted by molar-refractivity contribution is 9.09. The lowest BCUT2D eigenvalue weighted by atomic mass is 9.87. The van der Waals surface area contributed by atoms with Gasteiger partial charge in [-0.3, -0.25) is 0 Å². The minimum absolute atomic E-state index is 0.126. The Balaban J connectivity index is 2.38. The normalized spacial score (nSPS) is 14.5. The molecule has 76 valence electrons. The van der Waals surface area contributed by atoms with Crippen LogP contribution in [0.25, 0.3) is 0 Å². The first-order valence-electron chi connectivity index (χ1n) is 4.59. The van der Waals surface area contributed by atoms with Gasteiger partial charge in [-0.1, -0.05) is 35.8 Å². The molecule has 1 heterocycles. The molecule has 0 unspecified atom stereocenters. The van der Waals surface area contributed by atoms with Crippen molar-refractivity contribution in [2.24, 2.45) is 0 Å². The van der Waals surface area contributed by atoms with E-state index in [-0.39, 0.29) is 5.41 Å². The second kappa shape index (κ2) is 3.46. The lowest BCUT2D eigenvalue weighted by Gasteiger charge is -2.22. The van der Waals surface area contributed by atoms with E-state index in [9.17, 15) is 0 Å². The molecule has 14 heavy (non-hydrogen) atoms. The van der Waals surface area contributed by atoms with Gasteiger partial charge >= 0.3 is 0 Å². The summed E-state index contributed by atoms with van der Waals surface area (Å²) in [5.41, 5.74) is 1.39. The van der Waals surface area contributed by atoms with Crippen LogP contribution < -0.4 is 9.47 Å². The summed E-state index contributed by atoms with van der Waals surface area (Å²) in [4.78, 5) is 0. The van der Waals surface area contributed by atoms with Crippen molar-refractivity contribution in [2.75, 3.05) is 12.1 Å². The van der Waals surface area contributed by atoms with Crippen LogP contribution in [0, 0.1) is 0 Å². The third-order valence-corrected chi connectivity index (χ3v) is 3.89. The van der Waals surface area contributed by atoms with Crippen LogP contribution in [0.1, 0.15) is 19.4 Å². The molecule has 0 radical (unpaired) electrons. The summed E-state index contributed by atoms with van der Waals surface area (Å²) in [5, 5.41) is 0.930. The second-order valence-corrected chi connectivity index (χ2v) is 4.65. The molecular formula is C11H13BrO2. The summed E-state index contributed by atoms with van der Waals surface area (Å²) >= 11 is 3.52. The SMILES string of the molecule is CC(C)(CBr)c1ccc2c(c1)OCO2. The first kappa shape index (κ1) is 9.84. The van der Waals surface area contributed by atoms with E-state index in [2.05, 4.69) is 41.9 Å². The molecule has 0 amide bonds. The summed E-state index contributed by atoms with van der Waals surface area (Å²) in [6.07, 6.45) is 0. The minimum atomic E-state index is 0.126. The average Bonchev–Trinajstić information content (AvgIpc) is 2.64. The van der Waals surface area contributed by atoms with Crippen molar-refractivity contribution in [3.63, 3.8) is 0 Å². The fourth-order valence-electron chi connectivity index (χ4n) is 1.39. The minimum Gasteiger partial charge on any atom is -0.454 e. The van der Waals surface area contributed by atoms with Crippen molar-refractivity contribution >= 4 is 15.9 Å². The maximum atomic E-state index is 5.34. The van der Waals surface area contributed by atoms with Gasteiger partial charge in [0.2, 0.25) is 6.79 Å². The number of fused-ring (bicyclic) bond motifs is 1. The van der Waals surface area contributed by atoms with Gasteiger partial charge in [0.15, 0.2) is 11.5 Å². The largest absolute Gasteiger partial charge is 0.454 e. The van der Waals surface area contributed by atoms with Crippen LogP contribution in [-0.2, 0) is 5.41 Å². The van der Waals surface area contributed by atoms with E-state index in [1.165, 1.54) is 5.56 Å². The van der Waals surface area contributed by atoms with Gasteiger partial charge in [0, 0.05) is 5.33 Å². The molecule has 1 aromatic carbocycles. The van der Waals surface area contributed by atoms with E-state index < -0.39 is 0 Å². The van der Waals surface area contributed by atoms with Crippen LogP contribution in [0.5, 0.6) is 11.5 Å². The van der Waals surface area contributed by atoms with Gasteiger partial charge in [-0.15, -0.1) is 0 Å². The highest BCUT2D eigenvalue weighted by Crippen LogP contribution is 2.36. The second-order valence-electron chi connectivity index (χ2n) is 4.09. The molecule has 0 saturated heterocycles. The zero-order chi connectivity index (χ0) is 10.2. The van der Waals surface area contributed by atoms with Gasteiger partial charge in [0.1, 0.15) is 0 Å². The molecule has 3 heteroatoms. The van der Waals surface area contributed by atoms with E-state index in [4.69, 9.17) is 9.47 Å². The third-order valence-electron chi connectivity index (χ3n) is 2.49. The van der Waals surface area contributed by atoms with Crippen LogP contribution in [0.4, 0.5) is 0 Å². The Labute approximate surface area is 92.3 Å². The fourth-order valence-corrected chi connectivity index (χ4v) is 1.72. The predicted octanol–water partition coefficient (Wildman–Crippen LogP) is 3.09. The highest BCUT2D eigenvalue weighted by Gasteiger charge is 2.22. The monoisotopic (exact) mass is 256 g/mol. The fraction of sp³-hybridized carbons (Fsp3) is 0.455. The van der Waals surface area contributed by atoms with E-state index in [0.717, 1.165) is 16.8 Å². The van der Waals surface area contributed by atoms with Crippen LogP contribution in [0.3, 0.4) is 0 Å². The summed E-state index contributed by atoms with van der Waals surface area (Å²) in [7, 11) is 0. The zero-order valence-corrected chi connectivity index (χ0v) is 9.93. The molecular weight excluding hydrogens is 244 g/mol. The molecule has 0 bridgehead atoms. The first-order valence-corrected chi connectivity index (χ1v) is 5.72. The molecule has 1 aromatic rings. The molecule has 0 fully saturated rings. The Morgan fingerprint density at radius 2 is 2.00 bits per heavy atom. The van der Waals surface area contributed by atoms with Crippen LogP contribution in [0.2, 0.25) is 0 Å². The molecule has 2 rings (SSSR count). The first-order chi connectivity index (χ1) is 6.63. The maximum absolute atomic E-state index is 5.34. The summed E-state index contributed by atoms with van der Waals surface area (Å²) < 4.78 is 10.6. The molecule has 0 atom stereocenters. The van der Waals surface area contributed by atoms with E-state index in [1.807, 2.05) is 6.07 Å². The topological polar surface area (TPSA) is 18.5 Å². The zero-order valence-electron chi connectivity index (χ0n) is 8.34. The smallest absolute Gasteiger partial charge is 0.231 e. The van der Waals surface area contributed by atoms with Crippen LogP contribution in [0.15, 0.2) is 18.2 Å². The molecule has 0 N–H and O–H groups in total. The molecule has 1 aliphatic heterocycles. The standard InChI is InChI=1S/C11H13BrO2/c1-11(2,6-12)8-3-4-9-10(5-8)14-7-13-9/h3-5H,6-7H2,1-2H3. The molecule has 0 aromatic heterocycles. The van der Waals surface area contributed by atoms with E-state index in [1.54, 1.807) is 0 Å². The number of alkyl halides is 1. The Kier molecular flexibility index (Phi) is 2.43. The number of benzene rings is 1. The summed E-state index contributed by atoms with van der Waals surface area (Å²) in [5.74, 6) is 1.70. The Bertz CT molecular complexity index is 347. The number of ether oxygens (including phenoxy) is 2. The summed E-state index contributed by atoms with van der Waals surface area (Å²) in [6.45, 7) is 4.73. The maximum Gasteiger partial charge on any atom is 0.231 e. The molecule has 1 aliphatic rings.